The summed E-state index contributed by atoms with van der Waals surface area (Å²) in [6, 6.07) is 10.5. The van der Waals surface area contributed by atoms with Gasteiger partial charge in [0, 0.05) is 16.3 Å². The highest BCUT2D eigenvalue weighted by molar-refractivity contribution is 9.09. The number of nitro groups is 1. The van der Waals surface area contributed by atoms with Crippen LogP contribution in [-0.4, -0.2) is 15.9 Å². The van der Waals surface area contributed by atoms with Crippen LogP contribution in [0.2, 0.25) is 0 Å². The first-order chi connectivity index (χ1) is 9.15. The molecule has 1 saturated carbocycles. The molecule has 1 aliphatic rings. The van der Waals surface area contributed by atoms with Crippen LogP contribution in [0.15, 0.2) is 36.4 Å². The van der Waals surface area contributed by atoms with Gasteiger partial charge in [0.25, 0.3) is 5.69 Å². The lowest BCUT2D eigenvalue weighted by atomic mass is 9.95. The molecule has 2 aromatic carbocycles. The molecule has 0 spiro atoms. The first-order valence-electron chi connectivity index (χ1n) is 6.12. The molecule has 2 aromatic rings. The Bertz CT molecular complexity index is 638. The van der Waals surface area contributed by atoms with Crippen LogP contribution in [-0.2, 0) is 0 Å². The molecule has 0 atom stereocenters. The summed E-state index contributed by atoms with van der Waals surface area (Å²) in [5.41, 5.74) is 0.120. The maximum atomic E-state index is 11.0. The van der Waals surface area contributed by atoms with Crippen LogP contribution in [0.4, 0.5) is 5.69 Å². The molecule has 98 valence electrons. The third-order valence-corrected chi connectivity index (χ3v) is 4.14. The van der Waals surface area contributed by atoms with Gasteiger partial charge in [0.2, 0.25) is 0 Å². The zero-order valence-electron chi connectivity index (χ0n) is 10.1. The molecule has 4 nitrogen and oxygen atoms in total. The molecular weight excluding hydrogens is 310 g/mol. The standard InChI is InChI=1S/C14H12BrNO3/c15-9-7-10(8-9)19-14-6-5-13(16(17)18)11-3-1-2-4-12(11)14/h1-6,9-10H,7-8H2. The minimum Gasteiger partial charge on any atom is -0.490 e. The van der Waals surface area contributed by atoms with E-state index >= 15 is 0 Å². The van der Waals surface area contributed by atoms with Gasteiger partial charge < -0.3 is 4.74 Å². The number of benzene rings is 2. The minimum atomic E-state index is -0.357. The fourth-order valence-electron chi connectivity index (χ4n) is 2.29. The Hall–Kier alpha value is -1.62. The summed E-state index contributed by atoms with van der Waals surface area (Å²) in [6.07, 6.45) is 2.16. The summed E-state index contributed by atoms with van der Waals surface area (Å²) in [5.74, 6) is 0.727. The topological polar surface area (TPSA) is 52.4 Å². The average Bonchev–Trinajstić information content (AvgIpc) is 2.36. The number of fused-ring (bicyclic) bond motifs is 1. The van der Waals surface area contributed by atoms with Crippen molar-refractivity contribution >= 4 is 32.4 Å². The maximum absolute atomic E-state index is 11.0. The van der Waals surface area contributed by atoms with Crippen molar-refractivity contribution in [2.24, 2.45) is 0 Å². The SMILES string of the molecule is O=[N+]([O-])c1ccc(OC2CC(Br)C2)c2ccccc12. The molecule has 0 heterocycles. The summed E-state index contributed by atoms with van der Waals surface area (Å²) in [4.78, 5) is 11.2. The van der Waals surface area contributed by atoms with Crippen LogP contribution in [0.5, 0.6) is 5.75 Å². The van der Waals surface area contributed by atoms with Crippen LogP contribution < -0.4 is 4.74 Å². The van der Waals surface area contributed by atoms with Crippen molar-refractivity contribution in [2.45, 2.75) is 23.8 Å². The molecular formula is C14H12BrNO3. The van der Waals surface area contributed by atoms with Crippen LogP contribution in [0.1, 0.15) is 12.8 Å². The Morgan fingerprint density at radius 1 is 1.16 bits per heavy atom. The van der Waals surface area contributed by atoms with E-state index in [0.29, 0.717) is 10.2 Å². The number of alkyl halides is 1. The van der Waals surface area contributed by atoms with E-state index in [0.717, 1.165) is 24.0 Å². The molecule has 0 amide bonds. The molecule has 0 aromatic heterocycles. The number of nitro benzene ring substituents is 1. The quantitative estimate of drug-likeness (QED) is 0.486. The van der Waals surface area contributed by atoms with E-state index in [-0.39, 0.29) is 16.7 Å². The lowest BCUT2D eigenvalue weighted by Crippen LogP contribution is -2.34. The smallest absolute Gasteiger partial charge is 0.277 e. The normalized spacial score (nSPS) is 21.9. The van der Waals surface area contributed by atoms with E-state index in [9.17, 15) is 10.1 Å². The van der Waals surface area contributed by atoms with Crippen molar-refractivity contribution in [1.29, 1.82) is 0 Å². The number of rotatable bonds is 3. The van der Waals surface area contributed by atoms with E-state index in [1.807, 2.05) is 12.1 Å². The Morgan fingerprint density at radius 3 is 2.47 bits per heavy atom. The molecule has 19 heavy (non-hydrogen) atoms. The van der Waals surface area contributed by atoms with Gasteiger partial charge in [-0.1, -0.05) is 34.1 Å². The van der Waals surface area contributed by atoms with Crippen LogP contribution >= 0.6 is 15.9 Å². The highest BCUT2D eigenvalue weighted by Crippen LogP contribution is 2.37. The largest absolute Gasteiger partial charge is 0.490 e. The van der Waals surface area contributed by atoms with E-state index in [1.165, 1.54) is 6.07 Å². The average molecular weight is 322 g/mol. The molecule has 1 fully saturated rings. The number of non-ortho nitro benzene ring substituents is 1. The van der Waals surface area contributed by atoms with E-state index in [1.54, 1.807) is 18.2 Å². The Labute approximate surface area is 118 Å². The lowest BCUT2D eigenvalue weighted by Gasteiger charge is -2.31. The monoisotopic (exact) mass is 321 g/mol. The third-order valence-electron chi connectivity index (χ3n) is 3.39. The van der Waals surface area contributed by atoms with Crippen LogP contribution in [0, 0.1) is 10.1 Å². The van der Waals surface area contributed by atoms with E-state index in [2.05, 4.69) is 15.9 Å². The van der Waals surface area contributed by atoms with Gasteiger partial charge in [-0.2, -0.15) is 0 Å². The van der Waals surface area contributed by atoms with E-state index in [4.69, 9.17) is 4.74 Å². The molecule has 0 radical (unpaired) electrons. The number of nitrogens with zero attached hydrogens (tertiary/aromatic N) is 1. The van der Waals surface area contributed by atoms with Gasteiger partial charge in [-0.05, 0) is 25.0 Å². The van der Waals surface area contributed by atoms with Gasteiger partial charge >= 0.3 is 0 Å². The molecule has 0 aliphatic heterocycles. The van der Waals surface area contributed by atoms with Crippen LogP contribution in [0.3, 0.4) is 0 Å². The molecule has 1 aliphatic carbocycles. The van der Waals surface area contributed by atoms with Gasteiger partial charge in [0.15, 0.2) is 0 Å². The van der Waals surface area contributed by atoms with Gasteiger partial charge in [-0.3, -0.25) is 10.1 Å². The second kappa shape index (κ2) is 4.81. The zero-order valence-corrected chi connectivity index (χ0v) is 11.7. The highest BCUT2D eigenvalue weighted by Gasteiger charge is 2.29. The summed E-state index contributed by atoms with van der Waals surface area (Å²) < 4.78 is 5.92. The molecule has 0 saturated heterocycles. The van der Waals surface area contributed by atoms with Crippen molar-refractivity contribution < 1.29 is 9.66 Å². The van der Waals surface area contributed by atoms with Crippen LogP contribution in [0.25, 0.3) is 10.8 Å². The zero-order chi connectivity index (χ0) is 13.4. The second-order valence-corrected chi connectivity index (χ2v) is 5.99. The summed E-state index contributed by atoms with van der Waals surface area (Å²) in [7, 11) is 0. The van der Waals surface area contributed by atoms with Crippen molar-refractivity contribution in [3.63, 3.8) is 0 Å². The third kappa shape index (κ3) is 2.30. The molecule has 3 rings (SSSR count). The number of halogens is 1. The lowest BCUT2D eigenvalue weighted by molar-refractivity contribution is -0.383. The van der Waals surface area contributed by atoms with Gasteiger partial charge in [-0.25, -0.2) is 0 Å². The first kappa shape index (κ1) is 12.4. The highest BCUT2D eigenvalue weighted by atomic mass is 79.9. The maximum Gasteiger partial charge on any atom is 0.277 e. The number of ether oxygens (including phenoxy) is 1. The second-order valence-electron chi connectivity index (χ2n) is 4.69. The number of hydrogen-bond acceptors (Lipinski definition) is 3. The fraction of sp³-hybridized carbons (Fsp3) is 0.286. The number of hydrogen-bond donors (Lipinski definition) is 0. The molecule has 5 heteroatoms. The molecule has 0 unspecified atom stereocenters. The van der Waals surface area contributed by atoms with E-state index < -0.39 is 0 Å². The predicted octanol–water partition coefficient (Wildman–Crippen LogP) is 4.05. The first-order valence-corrected chi connectivity index (χ1v) is 7.03. The Morgan fingerprint density at radius 2 is 1.84 bits per heavy atom. The van der Waals surface area contributed by atoms with Crippen molar-refractivity contribution in [1.82, 2.24) is 0 Å². The summed E-state index contributed by atoms with van der Waals surface area (Å²) in [6.45, 7) is 0. The fourth-order valence-corrected chi connectivity index (χ4v) is 3.13. The van der Waals surface area contributed by atoms with Crippen molar-refractivity contribution in [3.05, 3.63) is 46.5 Å². The van der Waals surface area contributed by atoms with Gasteiger partial charge in [0.1, 0.15) is 11.9 Å². The Kier molecular flexibility index (Phi) is 3.14. The summed E-state index contributed by atoms with van der Waals surface area (Å²) >= 11 is 3.53. The van der Waals surface area contributed by atoms with Gasteiger partial charge in [0.05, 0.1) is 10.3 Å². The van der Waals surface area contributed by atoms with Crippen molar-refractivity contribution in [3.8, 4) is 5.75 Å². The van der Waals surface area contributed by atoms with Gasteiger partial charge in [-0.15, -0.1) is 0 Å². The predicted molar refractivity (Wildman–Crippen MR) is 77.0 cm³/mol. The minimum absolute atomic E-state index is 0.120. The summed E-state index contributed by atoms with van der Waals surface area (Å²) in [5, 5.41) is 12.4. The van der Waals surface area contributed by atoms with Crippen molar-refractivity contribution in [2.75, 3.05) is 0 Å². The molecule has 0 N–H and O–H groups in total. The Balaban J connectivity index is 2.01. The molecule has 0 bridgehead atoms.